The van der Waals surface area contributed by atoms with Crippen molar-refractivity contribution in [3.8, 4) is 33.9 Å². The van der Waals surface area contributed by atoms with Gasteiger partial charge >= 0.3 is 0 Å². The van der Waals surface area contributed by atoms with E-state index in [2.05, 4.69) is 144 Å². The molecule has 6 nitrogen and oxygen atoms in total. The van der Waals surface area contributed by atoms with E-state index in [4.69, 9.17) is 16.5 Å². The van der Waals surface area contributed by atoms with Crippen LogP contribution in [0.3, 0.4) is 0 Å². The lowest BCUT2D eigenvalue weighted by molar-refractivity contribution is 0.928. The van der Waals surface area contributed by atoms with Crippen LogP contribution in [0, 0.1) is 48.1 Å². The molecule has 0 bridgehead atoms. The molecule has 0 spiro atoms. The molecule has 9 aromatic rings. The minimum Gasteiger partial charge on any atom is -0.309 e. The largest absolute Gasteiger partial charge is 0.309 e. The van der Waals surface area contributed by atoms with Crippen molar-refractivity contribution < 1.29 is 0 Å². The van der Waals surface area contributed by atoms with Gasteiger partial charge in [-0.2, -0.15) is 0 Å². The lowest BCUT2D eigenvalue weighted by atomic mass is 9.97. The lowest BCUT2D eigenvalue weighted by Gasteiger charge is -2.20. The highest BCUT2D eigenvalue weighted by molar-refractivity contribution is 6.12. The Hall–Kier alpha value is -6.58. The SMILES string of the molecule is [C-]#[N+]c1ccc(-n2c3cc(C)ccc3c3ccc(C)cc32)c(-c2ccc(-c3nc(C)nc(C)n3)cc2-n2c3cc(C)ccc3c3ccc(C)cc32)c1. The molecule has 250 valence electrons. The van der Waals surface area contributed by atoms with Gasteiger partial charge in [-0.05, 0) is 112 Å². The van der Waals surface area contributed by atoms with Gasteiger partial charge in [-0.25, -0.2) is 19.8 Å². The van der Waals surface area contributed by atoms with Crippen LogP contribution in [0.1, 0.15) is 33.9 Å². The van der Waals surface area contributed by atoms with E-state index in [1.54, 1.807) is 0 Å². The second-order valence-corrected chi connectivity index (χ2v) is 14.1. The van der Waals surface area contributed by atoms with Gasteiger partial charge in [-0.15, -0.1) is 0 Å². The maximum atomic E-state index is 8.10. The third-order valence-electron chi connectivity index (χ3n) is 10.2. The molecule has 6 aromatic carbocycles. The molecule has 0 saturated carbocycles. The van der Waals surface area contributed by atoms with Crippen LogP contribution in [0.4, 0.5) is 5.69 Å². The lowest BCUT2D eigenvalue weighted by Crippen LogP contribution is -2.04. The standard InChI is InChI=1S/C46H36N6/c1-26-8-14-34-35-15-9-27(2)21-42(35)51(41(34)20-26)40-19-13-33(47-7)25-39(40)38-18-12-32(46-49-30(5)48-31(6)50-46)24-45(38)52-43-22-28(3)10-16-36(43)37-17-11-29(4)23-44(37)52/h8-25H,1-6H3. The first kappa shape index (κ1) is 31.4. The highest BCUT2D eigenvalue weighted by atomic mass is 15.0. The van der Waals surface area contributed by atoms with Crippen LogP contribution in [0.15, 0.2) is 109 Å². The number of aryl methyl sites for hydroxylation is 6. The molecule has 0 saturated heterocycles. The molecule has 0 radical (unpaired) electrons. The molecular weight excluding hydrogens is 637 g/mol. The maximum absolute atomic E-state index is 8.10. The van der Waals surface area contributed by atoms with Crippen molar-refractivity contribution in [1.82, 2.24) is 24.1 Å². The molecule has 0 fully saturated rings. The van der Waals surface area contributed by atoms with Crippen molar-refractivity contribution in [2.45, 2.75) is 41.5 Å². The number of rotatable bonds is 4. The summed E-state index contributed by atoms with van der Waals surface area (Å²) in [5.74, 6) is 2.00. The van der Waals surface area contributed by atoms with Crippen molar-refractivity contribution in [1.29, 1.82) is 0 Å². The zero-order valence-electron chi connectivity index (χ0n) is 30.1. The van der Waals surface area contributed by atoms with Crippen LogP contribution in [0.5, 0.6) is 0 Å². The van der Waals surface area contributed by atoms with Crippen molar-refractivity contribution in [2.75, 3.05) is 0 Å². The van der Waals surface area contributed by atoms with Crippen LogP contribution >= 0.6 is 0 Å². The summed E-state index contributed by atoms with van der Waals surface area (Å²) in [6.45, 7) is 20.5. The third kappa shape index (κ3) is 4.97. The maximum Gasteiger partial charge on any atom is 0.188 e. The van der Waals surface area contributed by atoms with Gasteiger partial charge in [0.1, 0.15) is 11.6 Å². The molecule has 52 heavy (non-hydrogen) atoms. The van der Waals surface area contributed by atoms with Gasteiger partial charge in [0.15, 0.2) is 11.5 Å². The summed E-state index contributed by atoms with van der Waals surface area (Å²) in [4.78, 5) is 18.0. The van der Waals surface area contributed by atoms with Crippen LogP contribution in [-0.2, 0) is 0 Å². The first-order chi connectivity index (χ1) is 25.2. The monoisotopic (exact) mass is 672 g/mol. The molecule has 0 atom stereocenters. The van der Waals surface area contributed by atoms with Gasteiger partial charge in [0, 0.05) is 32.7 Å². The molecule has 6 heteroatoms. The first-order valence-corrected chi connectivity index (χ1v) is 17.6. The first-order valence-electron chi connectivity index (χ1n) is 17.6. The van der Waals surface area contributed by atoms with E-state index in [0.717, 1.165) is 50.1 Å². The van der Waals surface area contributed by atoms with E-state index < -0.39 is 0 Å². The van der Waals surface area contributed by atoms with Crippen LogP contribution in [-0.4, -0.2) is 24.1 Å². The summed E-state index contributed by atoms with van der Waals surface area (Å²) < 4.78 is 4.77. The topological polar surface area (TPSA) is 52.9 Å². The number of fused-ring (bicyclic) bond motifs is 6. The summed E-state index contributed by atoms with van der Waals surface area (Å²) in [6, 6.07) is 39.3. The van der Waals surface area contributed by atoms with Crippen LogP contribution < -0.4 is 0 Å². The Morgan fingerprint density at radius 3 is 1.37 bits per heavy atom. The van der Waals surface area contributed by atoms with Crippen molar-refractivity contribution in [3.63, 3.8) is 0 Å². The summed E-state index contributed by atoms with van der Waals surface area (Å²) in [5, 5.41) is 4.77. The number of hydrogen-bond acceptors (Lipinski definition) is 3. The Morgan fingerprint density at radius 1 is 0.442 bits per heavy atom. The Balaban J connectivity index is 1.44. The zero-order valence-corrected chi connectivity index (χ0v) is 30.1. The van der Waals surface area contributed by atoms with E-state index in [1.165, 1.54) is 43.8 Å². The summed E-state index contributed by atoms with van der Waals surface area (Å²) in [6.07, 6.45) is 0. The second kappa shape index (κ2) is 11.8. The second-order valence-electron chi connectivity index (χ2n) is 14.1. The highest BCUT2D eigenvalue weighted by Crippen LogP contribution is 2.43. The van der Waals surface area contributed by atoms with Crippen molar-refractivity contribution in [3.05, 3.63) is 155 Å². The van der Waals surface area contributed by atoms with E-state index in [0.29, 0.717) is 23.2 Å². The molecular formula is C46H36N6. The van der Waals surface area contributed by atoms with E-state index in [9.17, 15) is 0 Å². The van der Waals surface area contributed by atoms with Crippen LogP contribution in [0.25, 0.3) is 82.3 Å². The van der Waals surface area contributed by atoms with E-state index in [1.807, 2.05) is 26.0 Å². The smallest absolute Gasteiger partial charge is 0.188 e. The van der Waals surface area contributed by atoms with Gasteiger partial charge in [0.2, 0.25) is 0 Å². The molecule has 0 unspecified atom stereocenters. The van der Waals surface area contributed by atoms with Crippen molar-refractivity contribution in [2.24, 2.45) is 0 Å². The molecule has 3 aromatic heterocycles. The average Bonchev–Trinajstić information content (AvgIpc) is 3.60. The van der Waals surface area contributed by atoms with Gasteiger partial charge < -0.3 is 9.13 Å². The minimum absolute atomic E-state index is 0.583. The quantitative estimate of drug-likeness (QED) is 0.175. The predicted molar refractivity (Wildman–Crippen MR) is 214 cm³/mol. The number of benzene rings is 6. The number of hydrogen-bond donors (Lipinski definition) is 0. The molecule has 9 rings (SSSR count). The fraction of sp³-hybridized carbons (Fsp3) is 0.130. The predicted octanol–water partition coefficient (Wildman–Crippen LogP) is 11.8. The molecule has 0 N–H and O–H groups in total. The Kier molecular flexibility index (Phi) is 7.10. The summed E-state index contributed by atoms with van der Waals surface area (Å²) >= 11 is 0. The Morgan fingerprint density at radius 2 is 0.904 bits per heavy atom. The van der Waals surface area contributed by atoms with Gasteiger partial charge in [0.05, 0.1) is 40.0 Å². The highest BCUT2D eigenvalue weighted by Gasteiger charge is 2.22. The molecule has 0 amide bonds. The molecule has 0 aliphatic carbocycles. The number of aromatic nitrogens is 5. The van der Waals surface area contributed by atoms with Gasteiger partial charge in [0.25, 0.3) is 0 Å². The molecule has 3 heterocycles. The Labute approximate surface area is 302 Å². The average molecular weight is 673 g/mol. The number of nitrogens with zero attached hydrogens (tertiary/aromatic N) is 6. The molecule has 0 aliphatic heterocycles. The molecule has 0 aliphatic rings. The summed E-state index contributed by atoms with van der Waals surface area (Å²) in [7, 11) is 0. The summed E-state index contributed by atoms with van der Waals surface area (Å²) in [5.41, 5.74) is 14.7. The van der Waals surface area contributed by atoms with Gasteiger partial charge in [-0.3, -0.25) is 0 Å². The fourth-order valence-electron chi connectivity index (χ4n) is 7.83. The van der Waals surface area contributed by atoms with Gasteiger partial charge in [-0.1, -0.05) is 66.7 Å². The van der Waals surface area contributed by atoms with Crippen LogP contribution in [0.2, 0.25) is 0 Å². The fourth-order valence-corrected chi connectivity index (χ4v) is 7.83. The Bertz CT molecular complexity index is 2850. The zero-order chi connectivity index (χ0) is 35.8. The normalized spacial score (nSPS) is 11.6. The van der Waals surface area contributed by atoms with E-state index >= 15 is 0 Å². The minimum atomic E-state index is 0.583. The van der Waals surface area contributed by atoms with E-state index in [-0.39, 0.29) is 0 Å². The third-order valence-corrected chi connectivity index (χ3v) is 10.2. The van der Waals surface area contributed by atoms with Crippen molar-refractivity contribution >= 4 is 49.3 Å².